The average molecular weight is 379 g/mol. The molecule has 0 fully saturated rings. The third kappa shape index (κ3) is 7.85. The molecule has 4 nitrogen and oxygen atoms in total. The van der Waals surface area contributed by atoms with Crippen molar-refractivity contribution >= 4 is 19.2 Å². The second-order valence-electron chi connectivity index (χ2n) is 7.19. The van der Waals surface area contributed by atoms with Gasteiger partial charge in [-0.25, -0.2) is 4.79 Å². The van der Waals surface area contributed by atoms with Crippen LogP contribution in [0.15, 0.2) is 36.5 Å². The number of hydrogen-bond donors (Lipinski definition) is 0. The molecule has 1 aromatic rings. The molecule has 0 N–H and O–H groups in total. The number of rotatable bonds is 13. The molecule has 0 heterocycles. The number of unbranched alkanes of at least 4 members (excludes halogenated alkanes) is 1. The molecule has 0 aliphatic heterocycles. The van der Waals surface area contributed by atoms with E-state index >= 15 is 0 Å². The van der Waals surface area contributed by atoms with Crippen molar-refractivity contribution < 1.29 is 19.3 Å². The maximum Gasteiger partial charge on any atom is 0.373 e. The molecular formula is C21H34O4Si. The minimum Gasteiger partial charge on any atom is -0.379 e. The van der Waals surface area contributed by atoms with Crippen LogP contribution in [-0.2, 0) is 14.5 Å². The lowest BCUT2D eigenvalue weighted by Gasteiger charge is -2.17. The van der Waals surface area contributed by atoms with E-state index in [1.165, 1.54) is 24.4 Å². The van der Waals surface area contributed by atoms with E-state index in [0.717, 1.165) is 13.0 Å². The minimum atomic E-state index is -1.61. The molecule has 1 aromatic carbocycles. The van der Waals surface area contributed by atoms with Crippen molar-refractivity contribution in [2.75, 3.05) is 19.8 Å². The van der Waals surface area contributed by atoms with E-state index in [1.54, 1.807) is 12.1 Å². The van der Waals surface area contributed by atoms with Crippen LogP contribution in [0.5, 0.6) is 0 Å². The lowest BCUT2D eigenvalue weighted by Crippen LogP contribution is -2.39. The Morgan fingerprint density at radius 1 is 1.19 bits per heavy atom. The Morgan fingerprint density at radius 2 is 1.88 bits per heavy atom. The second-order valence-corrected chi connectivity index (χ2v) is 11.6. The van der Waals surface area contributed by atoms with Gasteiger partial charge in [-0.05, 0) is 24.5 Å². The Bertz CT molecular complexity index is 539. The molecule has 0 aromatic heterocycles. The molecule has 5 heteroatoms. The van der Waals surface area contributed by atoms with E-state index in [1.807, 2.05) is 17.8 Å². The topological polar surface area (TPSA) is 44.8 Å². The van der Waals surface area contributed by atoms with Gasteiger partial charge in [0.15, 0.2) is 0 Å². The Balaban J connectivity index is 2.27. The fourth-order valence-corrected chi connectivity index (χ4v) is 3.80. The first-order chi connectivity index (χ1) is 12.4. The van der Waals surface area contributed by atoms with Gasteiger partial charge in [0.1, 0.15) is 14.7 Å². The summed E-state index contributed by atoms with van der Waals surface area (Å²) in [5.74, 6) is 0.114. The first kappa shape index (κ1) is 22.6. The summed E-state index contributed by atoms with van der Waals surface area (Å²) >= 11 is 0. The maximum absolute atomic E-state index is 12.0. The zero-order valence-corrected chi connectivity index (χ0v) is 17.8. The Hall–Kier alpha value is -1.43. The monoisotopic (exact) mass is 378 g/mol. The molecule has 0 spiro atoms. The third-order valence-corrected chi connectivity index (χ3v) is 7.56. The van der Waals surface area contributed by atoms with Crippen molar-refractivity contribution in [2.45, 2.75) is 52.6 Å². The highest BCUT2D eigenvalue weighted by Gasteiger charge is 2.19. The van der Waals surface area contributed by atoms with Crippen molar-refractivity contribution in [3.05, 3.63) is 42.1 Å². The summed E-state index contributed by atoms with van der Waals surface area (Å²) in [6.07, 6.45) is 4.77. The quantitative estimate of drug-likeness (QED) is 0.217. The Kier molecular flexibility index (Phi) is 10.5. The molecule has 0 saturated heterocycles. The fourth-order valence-electron chi connectivity index (χ4n) is 2.54. The largest absolute Gasteiger partial charge is 0.379 e. The molecular weight excluding hydrogens is 344 g/mol. The van der Waals surface area contributed by atoms with Crippen LogP contribution >= 0.6 is 0 Å². The molecule has 0 aliphatic carbocycles. The Labute approximate surface area is 159 Å². The molecule has 0 amide bonds. The number of carbonyl (C=O) groups excluding carboxylic acids is 1. The van der Waals surface area contributed by atoms with E-state index in [-0.39, 0.29) is 6.61 Å². The highest BCUT2D eigenvalue weighted by Crippen LogP contribution is 2.12. The van der Waals surface area contributed by atoms with E-state index in [0.29, 0.717) is 18.1 Å². The van der Waals surface area contributed by atoms with Crippen LogP contribution in [0.25, 0.3) is 0 Å². The van der Waals surface area contributed by atoms with Gasteiger partial charge >= 0.3 is 5.97 Å². The van der Waals surface area contributed by atoms with Crippen molar-refractivity contribution in [3.8, 4) is 0 Å². The number of benzene rings is 1. The maximum atomic E-state index is 12.0. The van der Waals surface area contributed by atoms with E-state index < -0.39 is 14.0 Å². The van der Waals surface area contributed by atoms with Crippen LogP contribution < -0.4 is 5.19 Å². The van der Waals surface area contributed by atoms with Gasteiger partial charge in [-0.1, -0.05) is 69.2 Å². The summed E-state index contributed by atoms with van der Waals surface area (Å²) in [4.78, 5) is 21.8. The smallest absolute Gasteiger partial charge is 0.373 e. The molecule has 146 valence electrons. The van der Waals surface area contributed by atoms with Crippen molar-refractivity contribution in [1.29, 1.82) is 0 Å². The zero-order chi connectivity index (χ0) is 19.4. The van der Waals surface area contributed by atoms with Crippen molar-refractivity contribution in [1.82, 2.24) is 0 Å². The first-order valence-corrected chi connectivity index (χ1v) is 12.7. The third-order valence-electron chi connectivity index (χ3n) is 4.72. The van der Waals surface area contributed by atoms with E-state index in [9.17, 15) is 4.79 Å². The van der Waals surface area contributed by atoms with Crippen molar-refractivity contribution in [2.24, 2.45) is 5.92 Å². The average Bonchev–Trinajstić information content (AvgIpc) is 2.66. The molecule has 0 aliphatic rings. The highest BCUT2D eigenvalue weighted by molar-refractivity contribution is 6.93. The van der Waals surface area contributed by atoms with Gasteiger partial charge in [-0.15, -0.1) is 6.58 Å². The molecule has 0 radical (unpaired) electrons. The van der Waals surface area contributed by atoms with Gasteiger partial charge in [0.25, 0.3) is 0 Å². The van der Waals surface area contributed by atoms with Crippen LogP contribution in [0, 0.1) is 5.92 Å². The molecule has 1 rings (SSSR count). The summed E-state index contributed by atoms with van der Waals surface area (Å²) < 4.78 is 5.62. The normalized spacial score (nSPS) is 12.6. The van der Waals surface area contributed by atoms with Crippen molar-refractivity contribution in [3.63, 3.8) is 0 Å². The van der Waals surface area contributed by atoms with Crippen LogP contribution in [0.3, 0.4) is 0 Å². The SMILES string of the molecule is C=C[Si](C)(C)c1ccc(C(=O)OOCCOCC(CC)CCCC)cc1. The Morgan fingerprint density at radius 3 is 2.46 bits per heavy atom. The van der Waals surface area contributed by atoms with Crippen LogP contribution in [0.1, 0.15) is 49.9 Å². The predicted molar refractivity (Wildman–Crippen MR) is 109 cm³/mol. The van der Waals surface area contributed by atoms with Gasteiger partial charge < -0.3 is 4.74 Å². The number of hydrogen-bond acceptors (Lipinski definition) is 4. The molecule has 26 heavy (non-hydrogen) atoms. The summed E-state index contributed by atoms with van der Waals surface area (Å²) in [5.41, 5.74) is 2.50. The van der Waals surface area contributed by atoms with Crippen LogP contribution in [0.2, 0.25) is 13.1 Å². The number of ether oxygens (including phenoxy) is 1. The first-order valence-electron chi connectivity index (χ1n) is 9.60. The van der Waals surface area contributed by atoms with Crippen LogP contribution in [-0.4, -0.2) is 33.9 Å². The fraction of sp³-hybridized carbons (Fsp3) is 0.571. The summed E-state index contributed by atoms with van der Waals surface area (Å²) in [6.45, 7) is 14.1. The summed E-state index contributed by atoms with van der Waals surface area (Å²) in [6, 6.07) is 7.48. The molecule has 0 saturated carbocycles. The predicted octanol–water partition coefficient (Wildman–Crippen LogP) is 4.65. The lowest BCUT2D eigenvalue weighted by molar-refractivity contribution is -0.247. The summed E-state index contributed by atoms with van der Waals surface area (Å²) in [7, 11) is -1.61. The molecule has 0 bridgehead atoms. The molecule has 1 atom stereocenters. The number of carbonyl (C=O) groups is 1. The van der Waals surface area contributed by atoms with Gasteiger partial charge in [-0.2, -0.15) is 4.89 Å². The second kappa shape index (κ2) is 12.0. The van der Waals surface area contributed by atoms with Gasteiger partial charge in [0.2, 0.25) is 0 Å². The highest BCUT2D eigenvalue weighted by atomic mass is 28.3. The van der Waals surface area contributed by atoms with Gasteiger partial charge in [0.05, 0.1) is 12.2 Å². The van der Waals surface area contributed by atoms with Gasteiger partial charge in [-0.3, -0.25) is 4.89 Å². The summed E-state index contributed by atoms with van der Waals surface area (Å²) in [5, 5.41) is 1.23. The zero-order valence-electron chi connectivity index (χ0n) is 16.8. The molecule has 1 unspecified atom stereocenters. The lowest BCUT2D eigenvalue weighted by atomic mass is 10.0. The van der Waals surface area contributed by atoms with E-state index in [2.05, 4.69) is 33.5 Å². The van der Waals surface area contributed by atoms with E-state index in [4.69, 9.17) is 14.5 Å². The van der Waals surface area contributed by atoms with Gasteiger partial charge in [0, 0.05) is 6.61 Å². The standard InChI is InChI=1S/C21H34O4Si/c1-6-9-10-18(7-2)17-23-15-16-24-25-21(22)19-11-13-20(14-12-19)26(4,5)8-3/h8,11-14,18H,3,6-7,9-10,15-17H2,1-2,4-5H3. The minimum absolute atomic E-state index is 0.241. The van der Waals surface area contributed by atoms with Crippen LogP contribution in [0.4, 0.5) is 0 Å².